The van der Waals surface area contributed by atoms with Crippen LogP contribution in [0.2, 0.25) is 0 Å². The minimum Gasteiger partial charge on any atom is -0.483 e. The van der Waals surface area contributed by atoms with Gasteiger partial charge in [0, 0.05) is 12.6 Å². The van der Waals surface area contributed by atoms with Crippen molar-refractivity contribution in [2.45, 2.75) is 59.5 Å². The van der Waals surface area contributed by atoms with Crippen LogP contribution in [0.3, 0.4) is 0 Å². The average molecular weight is 444 g/mol. The molecule has 0 N–H and O–H groups in total. The lowest BCUT2D eigenvalue weighted by Crippen LogP contribution is -2.43. The number of hydrogen-bond acceptors (Lipinski definition) is 4. The molecule has 0 aliphatic carbocycles. The van der Waals surface area contributed by atoms with Crippen LogP contribution in [0.1, 0.15) is 54.0 Å². The fraction of sp³-hybridized carbons (Fsp3) is 0.480. The molecule has 0 saturated carbocycles. The molecule has 1 atom stereocenters. The molecule has 2 aromatic carbocycles. The van der Waals surface area contributed by atoms with Gasteiger partial charge in [-0.3, -0.25) is 4.79 Å². The Morgan fingerprint density at radius 3 is 2.23 bits per heavy atom. The molecule has 6 heteroatoms. The minimum absolute atomic E-state index is 0.0193. The highest BCUT2D eigenvalue weighted by atomic mass is 32.2. The Morgan fingerprint density at radius 1 is 1.10 bits per heavy atom. The summed E-state index contributed by atoms with van der Waals surface area (Å²) in [5, 5.41) is 0. The van der Waals surface area contributed by atoms with Crippen molar-refractivity contribution >= 4 is 15.7 Å². The van der Waals surface area contributed by atoms with E-state index in [-0.39, 0.29) is 30.1 Å². The van der Waals surface area contributed by atoms with E-state index in [1.807, 2.05) is 45.0 Å². The molecule has 0 spiro atoms. The van der Waals surface area contributed by atoms with E-state index in [0.29, 0.717) is 18.9 Å². The summed E-state index contributed by atoms with van der Waals surface area (Å²) in [7, 11) is -3.10. The Bertz CT molecular complexity index is 1020. The number of aryl methyl sites for hydroxylation is 3. The molecule has 3 rings (SSSR count). The van der Waals surface area contributed by atoms with Gasteiger partial charge in [0.1, 0.15) is 5.75 Å². The fourth-order valence-corrected chi connectivity index (χ4v) is 5.99. The van der Waals surface area contributed by atoms with Crippen molar-refractivity contribution in [3.8, 4) is 5.75 Å². The van der Waals surface area contributed by atoms with Gasteiger partial charge in [-0.1, -0.05) is 55.8 Å². The Morgan fingerprint density at radius 2 is 1.71 bits per heavy atom. The Labute approximate surface area is 186 Å². The zero-order chi connectivity index (χ0) is 22.8. The van der Waals surface area contributed by atoms with Crippen LogP contribution < -0.4 is 4.74 Å². The van der Waals surface area contributed by atoms with Crippen LogP contribution in [0.5, 0.6) is 5.75 Å². The summed E-state index contributed by atoms with van der Waals surface area (Å²) < 4.78 is 30.1. The Kier molecular flexibility index (Phi) is 7.10. The number of carbonyl (C=O) groups is 1. The van der Waals surface area contributed by atoms with Gasteiger partial charge in [-0.25, -0.2) is 8.42 Å². The first kappa shape index (κ1) is 23.3. The lowest BCUT2D eigenvalue weighted by molar-refractivity contribution is -0.136. The second kappa shape index (κ2) is 9.43. The van der Waals surface area contributed by atoms with Crippen molar-refractivity contribution in [3.05, 3.63) is 64.2 Å². The van der Waals surface area contributed by atoms with Crippen molar-refractivity contribution < 1.29 is 17.9 Å². The number of carbonyl (C=O) groups excluding carboxylic acids is 1. The van der Waals surface area contributed by atoms with Crippen LogP contribution in [0, 0.1) is 20.8 Å². The van der Waals surface area contributed by atoms with Crippen molar-refractivity contribution in [1.82, 2.24) is 4.90 Å². The number of rotatable bonds is 7. The average Bonchev–Trinajstić information content (AvgIpc) is 3.04. The van der Waals surface area contributed by atoms with Gasteiger partial charge in [-0.15, -0.1) is 0 Å². The van der Waals surface area contributed by atoms with Gasteiger partial charge in [0.05, 0.1) is 11.5 Å². The van der Waals surface area contributed by atoms with Crippen LogP contribution in [-0.4, -0.2) is 43.4 Å². The second-order valence-electron chi connectivity index (χ2n) is 8.99. The molecule has 1 unspecified atom stereocenters. The first-order chi connectivity index (χ1) is 14.6. The monoisotopic (exact) mass is 443 g/mol. The molecule has 1 heterocycles. The fourth-order valence-electron chi connectivity index (χ4n) is 4.26. The molecule has 1 fully saturated rings. The molecule has 0 radical (unpaired) electrons. The summed E-state index contributed by atoms with van der Waals surface area (Å²) in [6, 6.07) is 11.9. The largest absolute Gasteiger partial charge is 0.483 e. The van der Waals surface area contributed by atoms with E-state index in [2.05, 4.69) is 26.0 Å². The first-order valence-corrected chi connectivity index (χ1v) is 12.7. The zero-order valence-corrected chi connectivity index (χ0v) is 20.0. The van der Waals surface area contributed by atoms with Gasteiger partial charge in [-0.05, 0) is 55.4 Å². The third-order valence-electron chi connectivity index (χ3n) is 5.91. The van der Waals surface area contributed by atoms with E-state index in [0.717, 1.165) is 28.0 Å². The van der Waals surface area contributed by atoms with Crippen LogP contribution >= 0.6 is 0 Å². The molecule has 1 amide bonds. The molecular weight excluding hydrogens is 410 g/mol. The summed E-state index contributed by atoms with van der Waals surface area (Å²) in [6.07, 6.45) is 0.473. The molecular formula is C25H33NO4S. The lowest BCUT2D eigenvalue weighted by Gasteiger charge is -2.29. The van der Waals surface area contributed by atoms with Crippen molar-refractivity contribution in [3.63, 3.8) is 0 Å². The molecule has 5 nitrogen and oxygen atoms in total. The molecule has 31 heavy (non-hydrogen) atoms. The van der Waals surface area contributed by atoms with E-state index in [1.54, 1.807) is 4.90 Å². The summed E-state index contributed by atoms with van der Waals surface area (Å²) in [6.45, 7) is 10.5. The highest BCUT2D eigenvalue weighted by molar-refractivity contribution is 7.91. The SMILES string of the molecule is Cc1cc(C)c(OCC(=O)N(Cc2ccc(C(C)C)cc2)C2CCS(=O)(=O)C2)c(C)c1. The molecule has 2 aromatic rings. The lowest BCUT2D eigenvalue weighted by atomic mass is 10.0. The maximum Gasteiger partial charge on any atom is 0.261 e. The number of nitrogens with zero attached hydrogens (tertiary/aromatic N) is 1. The number of benzene rings is 2. The van der Waals surface area contributed by atoms with Crippen molar-refractivity contribution in [1.29, 1.82) is 0 Å². The summed E-state index contributed by atoms with van der Waals surface area (Å²) in [5.41, 5.74) is 5.36. The van der Waals surface area contributed by atoms with Crippen LogP contribution in [-0.2, 0) is 21.2 Å². The van der Waals surface area contributed by atoms with E-state index < -0.39 is 9.84 Å². The summed E-state index contributed by atoms with van der Waals surface area (Å²) >= 11 is 0. The molecule has 1 aliphatic rings. The minimum atomic E-state index is -3.10. The first-order valence-electron chi connectivity index (χ1n) is 10.8. The number of amides is 1. The summed E-state index contributed by atoms with van der Waals surface area (Å²) in [4.78, 5) is 14.9. The topological polar surface area (TPSA) is 63.7 Å². The predicted molar refractivity (Wildman–Crippen MR) is 124 cm³/mol. The third kappa shape index (κ3) is 5.88. The number of sulfone groups is 1. The van der Waals surface area contributed by atoms with Gasteiger partial charge in [0.25, 0.3) is 5.91 Å². The van der Waals surface area contributed by atoms with Crippen molar-refractivity contribution in [2.24, 2.45) is 0 Å². The number of hydrogen-bond donors (Lipinski definition) is 0. The second-order valence-corrected chi connectivity index (χ2v) is 11.2. The van der Waals surface area contributed by atoms with E-state index >= 15 is 0 Å². The Balaban J connectivity index is 1.78. The zero-order valence-electron chi connectivity index (χ0n) is 19.1. The maximum absolute atomic E-state index is 13.2. The molecule has 0 bridgehead atoms. The molecule has 0 aromatic heterocycles. The van der Waals surface area contributed by atoms with E-state index in [4.69, 9.17) is 4.74 Å². The van der Waals surface area contributed by atoms with Gasteiger partial charge < -0.3 is 9.64 Å². The molecule has 1 saturated heterocycles. The molecule has 168 valence electrons. The van der Waals surface area contributed by atoms with E-state index in [1.165, 1.54) is 5.56 Å². The Hall–Kier alpha value is -2.34. The highest BCUT2D eigenvalue weighted by Crippen LogP contribution is 2.26. The van der Waals surface area contributed by atoms with Crippen LogP contribution in [0.15, 0.2) is 36.4 Å². The molecule has 1 aliphatic heterocycles. The third-order valence-corrected chi connectivity index (χ3v) is 7.66. The van der Waals surface area contributed by atoms with E-state index in [9.17, 15) is 13.2 Å². The quantitative estimate of drug-likeness (QED) is 0.639. The highest BCUT2D eigenvalue weighted by Gasteiger charge is 2.35. The van der Waals surface area contributed by atoms with Gasteiger partial charge >= 0.3 is 0 Å². The van der Waals surface area contributed by atoms with Gasteiger partial charge in [0.2, 0.25) is 0 Å². The van der Waals surface area contributed by atoms with Crippen LogP contribution in [0.25, 0.3) is 0 Å². The van der Waals surface area contributed by atoms with Gasteiger partial charge in [-0.2, -0.15) is 0 Å². The van der Waals surface area contributed by atoms with Crippen LogP contribution in [0.4, 0.5) is 0 Å². The number of ether oxygens (including phenoxy) is 1. The summed E-state index contributed by atoms with van der Waals surface area (Å²) in [5.74, 6) is 1.12. The standard InChI is InChI=1S/C25H33NO4S/c1-17(2)22-8-6-21(7-9-22)14-26(23-10-11-31(28,29)16-23)24(27)15-30-25-19(4)12-18(3)13-20(25)5/h6-9,12-13,17,23H,10-11,14-16H2,1-5H3. The smallest absolute Gasteiger partial charge is 0.261 e. The predicted octanol–water partition coefficient (Wildman–Crippen LogP) is 4.33. The van der Waals surface area contributed by atoms with Crippen molar-refractivity contribution in [2.75, 3.05) is 18.1 Å². The maximum atomic E-state index is 13.2. The normalized spacial score (nSPS) is 17.7. The van der Waals surface area contributed by atoms with Gasteiger partial charge in [0.15, 0.2) is 16.4 Å².